The molecular weight excluding hydrogens is 430 g/mol. The van der Waals surface area contributed by atoms with Crippen molar-refractivity contribution >= 4 is 57.5 Å². The topological polar surface area (TPSA) is 37.7 Å². The first-order valence-electron chi connectivity index (χ1n) is 10.1. The number of halogens is 1. The molecule has 5 nitrogen and oxygen atoms in total. The van der Waals surface area contributed by atoms with Crippen LogP contribution in [0.5, 0.6) is 0 Å². The second-order valence-electron chi connectivity index (χ2n) is 7.43. The number of aryl methyl sites for hydroxylation is 1. The number of para-hydroxylation sites is 1. The first-order chi connectivity index (χ1) is 15.0. The van der Waals surface area contributed by atoms with Crippen molar-refractivity contribution in [3.05, 3.63) is 70.5 Å². The highest BCUT2D eigenvalue weighted by Crippen LogP contribution is 2.32. The fraction of sp³-hybridized carbons (Fsp3) is 0.250. The molecule has 1 amide bonds. The molecule has 1 aliphatic heterocycles. The predicted octanol–water partition coefficient (Wildman–Crippen LogP) is 5.11. The molecule has 0 N–H and O–H groups in total. The van der Waals surface area contributed by atoms with E-state index < -0.39 is 0 Å². The molecule has 2 aromatic carbocycles. The quantitative estimate of drug-likeness (QED) is 0.384. The number of aromatic nitrogens is 1. The summed E-state index contributed by atoms with van der Waals surface area (Å²) < 4.78 is 7.51. The lowest BCUT2D eigenvalue weighted by atomic mass is 10.1. The molecule has 0 unspecified atom stereocenters. The highest BCUT2D eigenvalue weighted by atomic mass is 35.5. The van der Waals surface area contributed by atoms with E-state index in [0.717, 1.165) is 23.9 Å². The number of carbonyl (C=O) groups is 1. The van der Waals surface area contributed by atoms with Crippen LogP contribution in [0.25, 0.3) is 17.0 Å². The summed E-state index contributed by atoms with van der Waals surface area (Å²) in [4.78, 5) is 16.6. The van der Waals surface area contributed by atoms with Gasteiger partial charge in [0.05, 0.1) is 17.8 Å². The van der Waals surface area contributed by atoms with E-state index in [9.17, 15) is 4.79 Å². The van der Waals surface area contributed by atoms with E-state index in [4.69, 9.17) is 28.6 Å². The Balaban J connectivity index is 1.80. The van der Waals surface area contributed by atoms with Crippen LogP contribution in [0.15, 0.2) is 54.4 Å². The molecule has 0 saturated carbocycles. The van der Waals surface area contributed by atoms with Crippen LogP contribution in [0, 0.1) is 0 Å². The van der Waals surface area contributed by atoms with Crippen LogP contribution in [0.2, 0.25) is 5.02 Å². The van der Waals surface area contributed by atoms with Gasteiger partial charge in [-0.2, -0.15) is 0 Å². The van der Waals surface area contributed by atoms with E-state index in [1.165, 1.54) is 11.1 Å². The summed E-state index contributed by atoms with van der Waals surface area (Å²) in [6, 6.07) is 13.4. The van der Waals surface area contributed by atoms with Gasteiger partial charge in [0.15, 0.2) is 5.11 Å². The first kappa shape index (κ1) is 21.6. The maximum Gasteiger partial charge on any atom is 0.281 e. The van der Waals surface area contributed by atoms with Crippen LogP contribution in [0.1, 0.15) is 18.1 Å². The van der Waals surface area contributed by atoms with Gasteiger partial charge in [0.1, 0.15) is 5.70 Å². The van der Waals surface area contributed by atoms with Crippen LogP contribution in [0.3, 0.4) is 0 Å². The van der Waals surface area contributed by atoms with E-state index in [2.05, 4.69) is 35.9 Å². The molecule has 160 valence electrons. The maximum atomic E-state index is 13.3. The monoisotopic (exact) mass is 453 g/mol. The maximum absolute atomic E-state index is 13.3. The van der Waals surface area contributed by atoms with Crippen molar-refractivity contribution in [2.45, 2.75) is 19.9 Å². The average Bonchev–Trinajstić information content (AvgIpc) is 3.23. The Hall–Kier alpha value is -2.67. The molecule has 1 aromatic heterocycles. The molecule has 4 rings (SSSR count). The second-order valence-corrected chi connectivity index (χ2v) is 8.23. The Morgan fingerprint density at radius 2 is 1.90 bits per heavy atom. The highest BCUT2D eigenvalue weighted by Gasteiger charge is 2.37. The van der Waals surface area contributed by atoms with E-state index in [1.54, 1.807) is 41.2 Å². The van der Waals surface area contributed by atoms with Crippen molar-refractivity contribution in [1.82, 2.24) is 9.47 Å². The number of nitrogens with zero attached hydrogens (tertiary/aromatic N) is 3. The molecule has 0 bridgehead atoms. The number of anilines is 1. The summed E-state index contributed by atoms with van der Waals surface area (Å²) in [6.45, 7) is 3.51. The van der Waals surface area contributed by atoms with Crippen LogP contribution in [-0.4, -0.2) is 41.3 Å². The molecule has 0 radical (unpaired) electrons. The summed E-state index contributed by atoms with van der Waals surface area (Å²) in [6.07, 6.45) is 4.94. The lowest BCUT2D eigenvalue weighted by Gasteiger charge is -2.16. The van der Waals surface area contributed by atoms with Crippen LogP contribution in [0.4, 0.5) is 5.69 Å². The molecule has 0 atom stereocenters. The molecule has 7 heteroatoms. The Kier molecular flexibility index (Phi) is 6.14. The third-order valence-electron chi connectivity index (χ3n) is 5.57. The molecule has 31 heavy (non-hydrogen) atoms. The number of hydrogen-bond donors (Lipinski definition) is 0. The molecule has 0 spiro atoms. The Morgan fingerprint density at radius 1 is 1.16 bits per heavy atom. The van der Waals surface area contributed by atoms with E-state index >= 15 is 0 Å². The number of amides is 1. The zero-order valence-electron chi connectivity index (χ0n) is 17.8. The molecule has 1 aliphatic rings. The SMILES string of the molecule is CCc1cccc2c(C=C3C(=O)N(c4ccc(Cl)cc4)C(=S)N3C)cn(CCOC)c12. The van der Waals surface area contributed by atoms with Gasteiger partial charge in [-0.3, -0.25) is 9.69 Å². The summed E-state index contributed by atoms with van der Waals surface area (Å²) in [5, 5.41) is 2.16. The lowest BCUT2D eigenvalue weighted by molar-refractivity contribution is -0.114. The van der Waals surface area contributed by atoms with E-state index in [-0.39, 0.29) is 5.91 Å². The van der Waals surface area contributed by atoms with Crippen molar-refractivity contribution in [3.63, 3.8) is 0 Å². The van der Waals surface area contributed by atoms with E-state index in [1.807, 2.05) is 13.1 Å². The van der Waals surface area contributed by atoms with Crippen molar-refractivity contribution in [2.24, 2.45) is 0 Å². The number of rotatable bonds is 6. The van der Waals surface area contributed by atoms with Crippen LogP contribution >= 0.6 is 23.8 Å². The Morgan fingerprint density at radius 3 is 2.58 bits per heavy atom. The van der Waals surface area contributed by atoms with Gasteiger partial charge in [-0.1, -0.05) is 36.7 Å². The van der Waals surface area contributed by atoms with Crippen molar-refractivity contribution in [3.8, 4) is 0 Å². The number of hydrogen-bond acceptors (Lipinski definition) is 3. The highest BCUT2D eigenvalue weighted by molar-refractivity contribution is 7.80. The Bertz CT molecular complexity index is 1180. The minimum Gasteiger partial charge on any atom is -0.383 e. The normalized spacial score (nSPS) is 15.7. The van der Waals surface area contributed by atoms with Gasteiger partial charge >= 0.3 is 0 Å². The summed E-state index contributed by atoms with van der Waals surface area (Å²) in [5.74, 6) is -0.153. The summed E-state index contributed by atoms with van der Waals surface area (Å²) in [5.41, 5.74) is 4.66. The number of benzene rings is 2. The average molecular weight is 454 g/mol. The first-order valence-corrected chi connectivity index (χ1v) is 10.9. The molecule has 0 aliphatic carbocycles. The lowest BCUT2D eigenvalue weighted by Crippen LogP contribution is -2.31. The number of likely N-dealkylation sites (N-methyl/N-ethyl adjacent to an activating group) is 1. The van der Waals surface area contributed by atoms with Crippen molar-refractivity contribution in [2.75, 3.05) is 25.7 Å². The smallest absolute Gasteiger partial charge is 0.281 e. The molecule has 1 saturated heterocycles. The molecule has 1 fully saturated rings. The number of ether oxygens (including phenoxy) is 1. The Labute approximate surface area is 192 Å². The third-order valence-corrected chi connectivity index (χ3v) is 6.28. The van der Waals surface area contributed by atoms with Crippen LogP contribution in [-0.2, 0) is 22.5 Å². The zero-order valence-corrected chi connectivity index (χ0v) is 19.3. The largest absolute Gasteiger partial charge is 0.383 e. The van der Waals surface area contributed by atoms with Gasteiger partial charge < -0.3 is 14.2 Å². The van der Waals surface area contributed by atoms with E-state index in [0.29, 0.717) is 28.1 Å². The third kappa shape index (κ3) is 3.87. The number of thiocarbonyl (C=S) groups is 1. The molecule has 2 heterocycles. The van der Waals surface area contributed by atoms with Gasteiger partial charge in [0.2, 0.25) is 0 Å². The number of carbonyl (C=O) groups excluding carboxylic acids is 1. The van der Waals surface area contributed by atoms with Crippen LogP contribution < -0.4 is 4.90 Å². The van der Waals surface area contributed by atoms with Gasteiger partial charge in [-0.25, -0.2) is 0 Å². The number of fused-ring (bicyclic) bond motifs is 1. The van der Waals surface area contributed by atoms with Crippen molar-refractivity contribution < 1.29 is 9.53 Å². The second kappa shape index (κ2) is 8.83. The van der Waals surface area contributed by atoms with Gasteiger partial charge in [-0.05, 0) is 54.5 Å². The fourth-order valence-corrected chi connectivity index (χ4v) is 4.37. The van der Waals surface area contributed by atoms with Gasteiger partial charge in [0.25, 0.3) is 5.91 Å². The number of methoxy groups -OCH3 is 1. The van der Waals surface area contributed by atoms with Gasteiger partial charge in [-0.15, -0.1) is 0 Å². The van der Waals surface area contributed by atoms with Crippen molar-refractivity contribution in [1.29, 1.82) is 0 Å². The summed E-state index contributed by atoms with van der Waals surface area (Å²) >= 11 is 11.6. The minimum atomic E-state index is -0.153. The minimum absolute atomic E-state index is 0.153. The zero-order chi connectivity index (χ0) is 22.1. The standard InChI is InChI=1S/C24H24ClN3O2S/c1-4-16-6-5-7-20-17(15-27(22(16)20)12-13-30-3)14-21-23(29)28(24(31)26(21)2)19-10-8-18(25)9-11-19/h5-11,14-15H,4,12-13H2,1-3H3. The molecule has 3 aromatic rings. The fourth-order valence-electron chi connectivity index (χ4n) is 3.95. The predicted molar refractivity (Wildman–Crippen MR) is 130 cm³/mol. The molecular formula is C24H24ClN3O2S. The summed E-state index contributed by atoms with van der Waals surface area (Å²) in [7, 11) is 3.53. The van der Waals surface area contributed by atoms with Gasteiger partial charge in [0, 0.05) is 42.9 Å².